The topological polar surface area (TPSA) is 51.7 Å². The largest absolute Gasteiger partial charge is 0.485 e. The number of para-hydroxylation sites is 1. The third-order valence-electron chi connectivity index (χ3n) is 3.50. The van der Waals surface area contributed by atoms with Crippen molar-refractivity contribution in [3.63, 3.8) is 0 Å². The van der Waals surface area contributed by atoms with E-state index in [2.05, 4.69) is 4.98 Å². The van der Waals surface area contributed by atoms with Gasteiger partial charge < -0.3 is 14.4 Å². The number of ether oxygens (including phenoxy) is 2. The van der Waals surface area contributed by atoms with Crippen molar-refractivity contribution in [3.8, 4) is 11.5 Å². The fraction of sp³-hybridized carbons (Fsp3) is 0.294. The van der Waals surface area contributed by atoms with E-state index in [1.807, 2.05) is 42.5 Å². The van der Waals surface area contributed by atoms with Crippen LogP contribution in [0.15, 0.2) is 54.9 Å². The number of likely N-dealkylation sites (tertiary alicyclic amines) is 1. The summed E-state index contributed by atoms with van der Waals surface area (Å²) in [5, 5.41) is 0. The van der Waals surface area contributed by atoms with Crippen molar-refractivity contribution in [2.45, 2.75) is 19.1 Å². The van der Waals surface area contributed by atoms with Gasteiger partial charge in [-0.1, -0.05) is 18.2 Å². The Morgan fingerprint density at radius 1 is 1.18 bits per heavy atom. The van der Waals surface area contributed by atoms with Crippen molar-refractivity contribution in [2.75, 3.05) is 13.1 Å². The lowest BCUT2D eigenvalue weighted by atomic mass is 10.1. The number of rotatable bonds is 5. The van der Waals surface area contributed by atoms with E-state index in [0.29, 0.717) is 18.8 Å². The van der Waals surface area contributed by atoms with E-state index in [1.165, 1.54) is 0 Å². The molecule has 1 aliphatic heterocycles. The maximum atomic E-state index is 12.3. The van der Waals surface area contributed by atoms with Crippen LogP contribution in [0.25, 0.3) is 0 Å². The highest BCUT2D eigenvalue weighted by Crippen LogP contribution is 2.19. The summed E-state index contributed by atoms with van der Waals surface area (Å²) in [4.78, 5) is 18.0. The summed E-state index contributed by atoms with van der Waals surface area (Å²) < 4.78 is 11.4. The molecule has 1 saturated heterocycles. The summed E-state index contributed by atoms with van der Waals surface area (Å²) in [7, 11) is 0. The SMILES string of the molecule is CC(Oc1ccccc1)C(=O)N1CC(Oc2cccnc2)C1. The zero-order chi connectivity index (χ0) is 15.4. The van der Waals surface area contributed by atoms with Crippen molar-refractivity contribution < 1.29 is 14.3 Å². The number of hydrogen-bond donors (Lipinski definition) is 0. The van der Waals surface area contributed by atoms with Crippen molar-refractivity contribution in [1.82, 2.24) is 9.88 Å². The van der Waals surface area contributed by atoms with Crippen molar-refractivity contribution in [3.05, 3.63) is 54.9 Å². The van der Waals surface area contributed by atoms with E-state index in [1.54, 1.807) is 24.2 Å². The third-order valence-corrected chi connectivity index (χ3v) is 3.50. The first kappa shape index (κ1) is 14.4. The standard InChI is InChI=1S/C17H18N2O3/c1-13(21-14-6-3-2-4-7-14)17(20)19-11-16(12-19)22-15-8-5-9-18-10-15/h2-10,13,16H,11-12H2,1H3. The molecule has 2 aromatic rings. The molecule has 0 spiro atoms. The minimum atomic E-state index is -0.498. The molecule has 1 aromatic heterocycles. The fourth-order valence-electron chi connectivity index (χ4n) is 2.31. The van der Waals surface area contributed by atoms with E-state index in [0.717, 1.165) is 5.75 Å². The Kier molecular flexibility index (Phi) is 4.23. The van der Waals surface area contributed by atoms with Gasteiger partial charge in [0.25, 0.3) is 5.91 Å². The molecule has 0 N–H and O–H groups in total. The molecular weight excluding hydrogens is 280 g/mol. The van der Waals surface area contributed by atoms with Gasteiger partial charge in [0, 0.05) is 6.20 Å². The van der Waals surface area contributed by atoms with Crippen LogP contribution in [-0.2, 0) is 4.79 Å². The Hall–Kier alpha value is -2.56. The highest BCUT2D eigenvalue weighted by Gasteiger charge is 2.35. The molecule has 1 aliphatic rings. The minimum Gasteiger partial charge on any atom is -0.485 e. The van der Waals surface area contributed by atoms with Gasteiger partial charge in [-0.05, 0) is 31.2 Å². The molecule has 1 aromatic carbocycles. The van der Waals surface area contributed by atoms with E-state index < -0.39 is 6.10 Å². The van der Waals surface area contributed by atoms with Crippen LogP contribution in [0.5, 0.6) is 11.5 Å². The second-order valence-electron chi connectivity index (χ2n) is 5.24. The number of amides is 1. The first-order chi connectivity index (χ1) is 10.7. The summed E-state index contributed by atoms with van der Waals surface area (Å²) in [6.45, 7) is 2.93. The normalized spacial score (nSPS) is 15.8. The second-order valence-corrected chi connectivity index (χ2v) is 5.24. The average Bonchev–Trinajstić information content (AvgIpc) is 2.52. The zero-order valence-corrected chi connectivity index (χ0v) is 12.4. The van der Waals surface area contributed by atoms with E-state index in [9.17, 15) is 4.79 Å². The molecule has 1 fully saturated rings. The Bertz CT molecular complexity index is 612. The van der Waals surface area contributed by atoms with Gasteiger partial charge in [-0.3, -0.25) is 9.78 Å². The van der Waals surface area contributed by atoms with Gasteiger partial charge in [-0.15, -0.1) is 0 Å². The number of hydrogen-bond acceptors (Lipinski definition) is 4. The van der Waals surface area contributed by atoms with Gasteiger partial charge >= 0.3 is 0 Å². The van der Waals surface area contributed by atoms with Gasteiger partial charge in [0.2, 0.25) is 0 Å². The number of carbonyl (C=O) groups is 1. The lowest BCUT2D eigenvalue weighted by molar-refractivity contribution is -0.146. The second kappa shape index (κ2) is 6.47. The minimum absolute atomic E-state index is 0.0186. The van der Waals surface area contributed by atoms with Crippen molar-refractivity contribution in [2.24, 2.45) is 0 Å². The third kappa shape index (κ3) is 3.36. The van der Waals surface area contributed by atoms with Crippen LogP contribution in [0, 0.1) is 0 Å². The number of carbonyl (C=O) groups excluding carboxylic acids is 1. The van der Waals surface area contributed by atoms with Gasteiger partial charge in [0.05, 0.1) is 19.3 Å². The molecule has 3 rings (SSSR count). The molecule has 5 nitrogen and oxygen atoms in total. The summed E-state index contributed by atoms with van der Waals surface area (Å²) in [5.74, 6) is 1.41. The van der Waals surface area contributed by atoms with Crippen LogP contribution >= 0.6 is 0 Å². The highest BCUT2D eigenvalue weighted by atomic mass is 16.5. The molecule has 22 heavy (non-hydrogen) atoms. The summed E-state index contributed by atoms with van der Waals surface area (Å²) in [6.07, 6.45) is 2.90. The average molecular weight is 298 g/mol. The zero-order valence-electron chi connectivity index (χ0n) is 12.4. The smallest absolute Gasteiger partial charge is 0.263 e. The Morgan fingerprint density at radius 2 is 1.91 bits per heavy atom. The first-order valence-corrected chi connectivity index (χ1v) is 7.29. The van der Waals surface area contributed by atoms with E-state index >= 15 is 0 Å². The molecule has 0 bridgehead atoms. The van der Waals surface area contributed by atoms with Crippen molar-refractivity contribution >= 4 is 5.91 Å². The number of nitrogens with zero attached hydrogens (tertiary/aromatic N) is 2. The highest BCUT2D eigenvalue weighted by molar-refractivity contribution is 5.81. The van der Waals surface area contributed by atoms with Crippen LogP contribution in [0.4, 0.5) is 0 Å². The maximum absolute atomic E-state index is 12.3. The molecular formula is C17H18N2O3. The van der Waals surface area contributed by atoms with Gasteiger partial charge in [-0.2, -0.15) is 0 Å². The van der Waals surface area contributed by atoms with E-state index in [-0.39, 0.29) is 12.0 Å². The van der Waals surface area contributed by atoms with Crippen LogP contribution in [0.1, 0.15) is 6.92 Å². The lowest BCUT2D eigenvalue weighted by Gasteiger charge is -2.40. The monoisotopic (exact) mass is 298 g/mol. The molecule has 1 atom stereocenters. The van der Waals surface area contributed by atoms with E-state index in [4.69, 9.17) is 9.47 Å². The molecule has 114 valence electrons. The van der Waals surface area contributed by atoms with Crippen molar-refractivity contribution in [1.29, 1.82) is 0 Å². The maximum Gasteiger partial charge on any atom is 0.263 e. The Labute approximate surface area is 129 Å². The van der Waals surface area contributed by atoms with Crippen LogP contribution in [0.2, 0.25) is 0 Å². The first-order valence-electron chi connectivity index (χ1n) is 7.29. The molecule has 5 heteroatoms. The Balaban J connectivity index is 1.47. The van der Waals surface area contributed by atoms with Crippen LogP contribution < -0.4 is 9.47 Å². The summed E-state index contributed by atoms with van der Waals surface area (Å²) >= 11 is 0. The predicted molar refractivity (Wildman–Crippen MR) is 81.8 cm³/mol. The fourth-order valence-corrected chi connectivity index (χ4v) is 2.31. The quantitative estimate of drug-likeness (QED) is 0.848. The van der Waals surface area contributed by atoms with Crippen LogP contribution in [-0.4, -0.2) is 41.1 Å². The Morgan fingerprint density at radius 3 is 2.59 bits per heavy atom. The molecule has 2 heterocycles. The van der Waals surface area contributed by atoms with Gasteiger partial charge in [0.1, 0.15) is 17.6 Å². The van der Waals surface area contributed by atoms with Crippen LogP contribution in [0.3, 0.4) is 0 Å². The molecule has 0 radical (unpaired) electrons. The lowest BCUT2D eigenvalue weighted by Crippen LogP contribution is -2.58. The van der Waals surface area contributed by atoms with Gasteiger partial charge in [0.15, 0.2) is 6.10 Å². The summed E-state index contributed by atoms with van der Waals surface area (Å²) in [6, 6.07) is 13.0. The molecule has 0 aliphatic carbocycles. The molecule has 0 saturated carbocycles. The number of aromatic nitrogens is 1. The molecule has 1 unspecified atom stereocenters. The number of benzene rings is 1. The molecule has 1 amide bonds. The summed E-state index contributed by atoms with van der Waals surface area (Å²) in [5.41, 5.74) is 0. The number of pyridine rings is 1. The van der Waals surface area contributed by atoms with Gasteiger partial charge in [-0.25, -0.2) is 0 Å². The predicted octanol–water partition coefficient (Wildman–Crippen LogP) is 2.14.